The number of hydrogen-bond acceptors (Lipinski definition) is 2. The van der Waals surface area contributed by atoms with Crippen molar-refractivity contribution in [2.24, 2.45) is 0 Å². The van der Waals surface area contributed by atoms with Gasteiger partial charge in [0.2, 0.25) is 0 Å². The molecule has 0 amide bonds. The van der Waals surface area contributed by atoms with Gasteiger partial charge in [-0.1, -0.05) is 30.3 Å². The first-order valence-electron chi connectivity index (χ1n) is 4.42. The molecular formula is C9H14B2O2. The lowest BCUT2D eigenvalue weighted by molar-refractivity contribution is 0.0446. The maximum absolute atomic E-state index is 9.37. The molecule has 0 aliphatic carbocycles. The van der Waals surface area contributed by atoms with Crippen LogP contribution in [0.3, 0.4) is 0 Å². The SMILES string of the molecule is BC(B)(O)COCc1ccccc1. The lowest BCUT2D eigenvalue weighted by atomic mass is 9.66. The van der Waals surface area contributed by atoms with Crippen LogP contribution < -0.4 is 0 Å². The quantitative estimate of drug-likeness (QED) is 0.603. The second kappa shape index (κ2) is 4.49. The van der Waals surface area contributed by atoms with Crippen LogP contribution >= 0.6 is 0 Å². The molecule has 1 aromatic carbocycles. The summed E-state index contributed by atoms with van der Waals surface area (Å²) in [5, 5.41) is 8.63. The first kappa shape index (κ1) is 10.4. The molecule has 0 saturated heterocycles. The van der Waals surface area contributed by atoms with Crippen molar-refractivity contribution >= 4 is 15.7 Å². The third-order valence-electron chi connectivity index (χ3n) is 1.57. The normalized spacial score (nSPS) is 11.5. The molecule has 0 aliphatic rings. The van der Waals surface area contributed by atoms with Gasteiger partial charge in [0.25, 0.3) is 0 Å². The average molecular weight is 176 g/mol. The Morgan fingerprint density at radius 1 is 1.23 bits per heavy atom. The zero-order chi connectivity index (χ0) is 9.73. The molecule has 0 radical (unpaired) electrons. The molecule has 4 heteroatoms. The van der Waals surface area contributed by atoms with Crippen LogP contribution in [0.25, 0.3) is 0 Å². The van der Waals surface area contributed by atoms with Gasteiger partial charge in [-0.3, -0.25) is 0 Å². The highest BCUT2D eigenvalue weighted by Crippen LogP contribution is 2.02. The zero-order valence-corrected chi connectivity index (χ0v) is 8.16. The molecule has 1 aromatic rings. The van der Waals surface area contributed by atoms with Crippen molar-refractivity contribution in [3.63, 3.8) is 0 Å². The number of rotatable bonds is 4. The predicted molar refractivity (Wildman–Crippen MR) is 58.1 cm³/mol. The largest absolute Gasteiger partial charge is 0.405 e. The Labute approximate surface area is 80.7 Å². The summed E-state index contributed by atoms with van der Waals surface area (Å²) < 4.78 is 5.33. The van der Waals surface area contributed by atoms with E-state index in [1.54, 1.807) is 15.7 Å². The lowest BCUT2D eigenvalue weighted by Crippen LogP contribution is -2.35. The number of hydrogen-bond donors (Lipinski definition) is 1. The van der Waals surface area contributed by atoms with E-state index in [0.29, 0.717) is 13.2 Å². The molecular weight excluding hydrogens is 162 g/mol. The van der Waals surface area contributed by atoms with Crippen LogP contribution in [0, 0.1) is 0 Å². The third-order valence-corrected chi connectivity index (χ3v) is 1.57. The fraction of sp³-hybridized carbons (Fsp3) is 0.333. The van der Waals surface area contributed by atoms with Crippen LogP contribution in [0.1, 0.15) is 5.56 Å². The maximum Gasteiger partial charge on any atom is 0.134 e. The van der Waals surface area contributed by atoms with Gasteiger partial charge in [0.1, 0.15) is 15.7 Å². The fourth-order valence-electron chi connectivity index (χ4n) is 0.993. The van der Waals surface area contributed by atoms with Gasteiger partial charge < -0.3 is 9.84 Å². The molecule has 1 N–H and O–H groups in total. The minimum atomic E-state index is -0.741. The van der Waals surface area contributed by atoms with E-state index in [-0.39, 0.29) is 0 Å². The Morgan fingerprint density at radius 3 is 2.38 bits per heavy atom. The van der Waals surface area contributed by atoms with Crippen LogP contribution in [0.15, 0.2) is 30.3 Å². The summed E-state index contributed by atoms with van der Waals surface area (Å²) in [6, 6.07) is 9.93. The predicted octanol–water partition coefficient (Wildman–Crippen LogP) is -0.885. The van der Waals surface area contributed by atoms with E-state index < -0.39 is 5.40 Å². The van der Waals surface area contributed by atoms with Crippen molar-refractivity contribution in [2.75, 3.05) is 6.61 Å². The van der Waals surface area contributed by atoms with Gasteiger partial charge >= 0.3 is 0 Å². The second-order valence-corrected chi connectivity index (χ2v) is 3.79. The first-order chi connectivity index (χ1) is 6.08. The topological polar surface area (TPSA) is 29.5 Å². The number of benzene rings is 1. The summed E-state index contributed by atoms with van der Waals surface area (Å²) in [5.74, 6) is 0. The van der Waals surface area contributed by atoms with Gasteiger partial charge in [0.05, 0.1) is 13.2 Å². The van der Waals surface area contributed by atoms with Gasteiger partial charge in [-0.15, -0.1) is 0 Å². The Kier molecular flexibility index (Phi) is 3.58. The van der Waals surface area contributed by atoms with Crippen molar-refractivity contribution in [2.45, 2.75) is 12.0 Å². The van der Waals surface area contributed by atoms with Gasteiger partial charge in [0, 0.05) is 5.40 Å². The number of ether oxygens (including phenoxy) is 1. The molecule has 68 valence electrons. The van der Waals surface area contributed by atoms with Gasteiger partial charge in [-0.25, -0.2) is 0 Å². The molecule has 0 unspecified atom stereocenters. The van der Waals surface area contributed by atoms with Crippen molar-refractivity contribution in [1.29, 1.82) is 0 Å². The summed E-state index contributed by atoms with van der Waals surface area (Å²) >= 11 is 0. The molecule has 0 bridgehead atoms. The Bertz CT molecular complexity index is 244. The molecule has 0 saturated carbocycles. The van der Waals surface area contributed by atoms with Crippen LogP contribution in [-0.2, 0) is 11.3 Å². The van der Waals surface area contributed by atoms with Gasteiger partial charge in [-0.2, -0.15) is 0 Å². The van der Waals surface area contributed by atoms with E-state index >= 15 is 0 Å². The molecule has 13 heavy (non-hydrogen) atoms. The minimum absolute atomic E-state index is 0.363. The molecule has 0 spiro atoms. The number of aliphatic hydroxyl groups is 1. The van der Waals surface area contributed by atoms with Crippen LogP contribution in [0.4, 0.5) is 0 Å². The molecule has 0 heterocycles. The molecule has 2 nitrogen and oxygen atoms in total. The Morgan fingerprint density at radius 2 is 1.85 bits per heavy atom. The Hall–Kier alpha value is -0.730. The van der Waals surface area contributed by atoms with E-state index in [0.717, 1.165) is 5.56 Å². The van der Waals surface area contributed by atoms with Crippen LogP contribution in [0.2, 0.25) is 0 Å². The zero-order valence-electron chi connectivity index (χ0n) is 8.16. The van der Waals surface area contributed by atoms with Gasteiger partial charge in [0.15, 0.2) is 0 Å². The first-order valence-corrected chi connectivity index (χ1v) is 4.42. The summed E-state index contributed by atoms with van der Waals surface area (Å²) in [4.78, 5) is 0. The highest BCUT2D eigenvalue weighted by molar-refractivity contribution is 6.38. The molecule has 0 aromatic heterocycles. The van der Waals surface area contributed by atoms with E-state index in [2.05, 4.69) is 0 Å². The smallest absolute Gasteiger partial charge is 0.134 e. The van der Waals surface area contributed by atoms with E-state index in [9.17, 15) is 5.11 Å². The monoisotopic (exact) mass is 176 g/mol. The van der Waals surface area contributed by atoms with Gasteiger partial charge in [-0.05, 0) is 5.56 Å². The highest BCUT2D eigenvalue weighted by atomic mass is 16.5. The van der Waals surface area contributed by atoms with Crippen LogP contribution in [0.5, 0.6) is 0 Å². The molecule has 0 fully saturated rings. The van der Waals surface area contributed by atoms with Crippen molar-refractivity contribution in [3.05, 3.63) is 35.9 Å². The highest BCUT2D eigenvalue weighted by Gasteiger charge is 2.12. The molecule has 0 atom stereocenters. The fourth-order valence-corrected chi connectivity index (χ4v) is 0.993. The lowest BCUT2D eigenvalue weighted by Gasteiger charge is -2.16. The standard InChI is InChI=1S/C9H14B2O2/c10-9(11,12)7-13-6-8-4-2-1-3-5-8/h1-5,12H,6-7,10-11H2. The van der Waals surface area contributed by atoms with Crippen molar-refractivity contribution in [3.8, 4) is 0 Å². The minimum Gasteiger partial charge on any atom is -0.405 e. The Balaban J connectivity index is 2.29. The van der Waals surface area contributed by atoms with E-state index in [4.69, 9.17) is 4.74 Å². The van der Waals surface area contributed by atoms with E-state index in [1.807, 2.05) is 30.3 Å². The van der Waals surface area contributed by atoms with E-state index in [1.165, 1.54) is 0 Å². The third kappa shape index (κ3) is 4.76. The molecule has 0 aliphatic heterocycles. The van der Waals surface area contributed by atoms with Crippen LogP contribution in [-0.4, -0.2) is 32.8 Å². The van der Waals surface area contributed by atoms with Crippen molar-refractivity contribution in [1.82, 2.24) is 0 Å². The second-order valence-electron chi connectivity index (χ2n) is 3.79. The summed E-state index contributed by atoms with van der Waals surface area (Å²) in [7, 11) is 3.47. The van der Waals surface area contributed by atoms with Crippen molar-refractivity contribution < 1.29 is 9.84 Å². The summed E-state index contributed by atoms with van der Waals surface area (Å²) in [5.41, 5.74) is 1.13. The average Bonchev–Trinajstić information content (AvgIpc) is 2.04. The molecule has 1 rings (SSSR count). The summed E-state index contributed by atoms with van der Waals surface area (Å²) in [6.45, 7) is 0.923. The maximum atomic E-state index is 9.37. The summed E-state index contributed by atoms with van der Waals surface area (Å²) in [6.07, 6.45) is 0.